The molecule has 0 amide bonds. The third kappa shape index (κ3) is 4.33. The van der Waals surface area contributed by atoms with Crippen molar-refractivity contribution in [1.29, 1.82) is 0 Å². The van der Waals surface area contributed by atoms with E-state index in [0.717, 1.165) is 5.56 Å². The second-order valence-corrected chi connectivity index (χ2v) is 6.72. The molecule has 0 saturated heterocycles. The van der Waals surface area contributed by atoms with Crippen molar-refractivity contribution in [3.8, 4) is 5.75 Å². The lowest BCUT2D eigenvalue weighted by atomic mass is 10.0. The molecular formula is C24H23NO5. The highest BCUT2D eigenvalue weighted by atomic mass is 16.5. The monoisotopic (exact) mass is 405 g/mol. The molecule has 0 aliphatic rings. The Balaban J connectivity index is 2.25. The summed E-state index contributed by atoms with van der Waals surface area (Å²) in [7, 11) is 0. The van der Waals surface area contributed by atoms with E-state index in [4.69, 9.17) is 9.47 Å². The first-order chi connectivity index (χ1) is 14.4. The third-order valence-electron chi connectivity index (χ3n) is 4.63. The molecule has 0 aliphatic carbocycles. The molecule has 6 nitrogen and oxygen atoms in total. The van der Waals surface area contributed by atoms with Gasteiger partial charge in [0.25, 0.3) is 0 Å². The molecule has 1 aromatic heterocycles. The molecule has 30 heavy (non-hydrogen) atoms. The van der Waals surface area contributed by atoms with Gasteiger partial charge in [0.2, 0.25) is 0 Å². The average Bonchev–Trinajstić information content (AvgIpc) is 3.00. The molecule has 0 atom stereocenters. The first-order valence-electron chi connectivity index (χ1n) is 9.66. The second kappa shape index (κ2) is 9.22. The van der Waals surface area contributed by atoms with Crippen LogP contribution < -0.4 is 4.74 Å². The van der Waals surface area contributed by atoms with Gasteiger partial charge in [0, 0.05) is 19.0 Å². The molecule has 2 aromatic carbocycles. The summed E-state index contributed by atoms with van der Waals surface area (Å²) in [4.78, 5) is 38.1. The largest absolute Gasteiger partial charge is 0.461 e. The molecule has 1 heterocycles. The van der Waals surface area contributed by atoms with Crippen LogP contribution in [0.1, 0.15) is 51.5 Å². The zero-order chi connectivity index (χ0) is 21.7. The molecule has 0 aliphatic heterocycles. The fourth-order valence-corrected chi connectivity index (χ4v) is 3.30. The molecule has 0 saturated carbocycles. The zero-order valence-corrected chi connectivity index (χ0v) is 17.2. The van der Waals surface area contributed by atoms with Crippen molar-refractivity contribution in [2.75, 3.05) is 6.61 Å². The number of hydrogen-bond acceptors (Lipinski definition) is 5. The van der Waals surface area contributed by atoms with Gasteiger partial charge in [-0.25, -0.2) is 4.79 Å². The van der Waals surface area contributed by atoms with Crippen LogP contribution in [0.25, 0.3) is 0 Å². The molecule has 3 rings (SSSR count). The van der Waals surface area contributed by atoms with Crippen molar-refractivity contribution in [3.05, 3.63) is 88.7 Å². The van der Waals surface area contributed by atoms with Crippen LogP contribution >= 0.6 is 0 Å². The van der Waals surface area contributed by atoms with Crippen molar-refractivity contribution >= 4 is 17.7 Å². The molecule has 154 valence electrons. The lowest BCUT2D eigenvalue weighted by Gasteiger charge is -2.12. The number of ketones is 1. The van der Waals surface area contributed by atoms with E-state index in [1.165, 1.54) is 6.92 Å². The van der Waals surface area contributed by atoms with Gasteiger partial charge in [-0.05, 0) is 19.4 Å². The molecule has 0 spiro atoms. The van der Waals surface area contributed by atoms with E-state index in [1.807, 2.05) is 30.3 Å². The molecule has 0 radical (unpaired) electrons. The minimum atomic E-state index is -0.644. The van der Waals surface area contributed by atoms with Crippen molar-refractivity contribution in [2.45, 2.75) is 27.3 Å². The summed E-state index contributed by atoms with van der Waals surface area (Å²) in [6.45, 7) is 5.13. The van der Waals surface area contributed by atoms with E-state index in [0.29, 0.717) is 17.8 Å². The average molecular weight is 405 g/mol. The van der Waals surface area contributed by atoms with E-state index in [1.54, 1.807) is 48.7 Å². The third-order valence-corrected chi connectivity index (χ3v) is 4.63. The predicted octanol–water partition coefficient (Wildman–Crippen LogP) is 4.18. The van der Waals surface area contributed by atoms with Gasteiger partial charge < -0.3 is 14.0 Å². The SMILES string of the molecule is CCOC(=O)c1c(C(=O)c2ccccc2)c(OC(C)=O)c(C)n1Cc1ccccc1. The maximum Gasteiger partial charge on any atom is 0.355 e. The summed E-state index contributed by atoms with van der Waals surface area (Å²) in [6, 6.07) is 18.1. The van der Waals surface area contributed by atoms with Crippen LogP contribution in [0.15, 0.2) is 60.7 Å². The van der Waals surface area contributed by atoms with E-state index in [2.05, 4.69) is 0 Å². The molecule has 3 aromatic rings. The van der Waals surface area contributed by atoms with Crippen LogP contribution in [-0.2, 0) is 16.1 Å². The lowest BCUT2D eigenvalue weighted by molar-refractivity contribution is -0.131. The van der Waals surface area contributed by atoms with Gasteiger partial charge in [0.05, 0.1) is 17.9 Å². The van der Waals surface area contributed by atoms with Gasteiger partial charge in [-0.15, -0.1) is 0 Å². The highest BCUT2D eigenvalue weighted by Crippen LogP contribution is 2.34. The maximum atomic E-state index is 13.4. The molecule has 0 unspecified atom stereocenters. The Kier molecular flexibility index (Phi) is 6.47. The second-order valence-electron chi connectivity index (χ2n) is 6.72. The number of esters is 2. The van der Waals surface area contributed by atoms with Gasteiger partial charge in [0.1, 0.15) is 5.69 Å². The Morgan fingerprint density at radius 3 is 2.10 bits per heavy atom. The highest BCUT2D eigenvalue weighted by Gasteiger charge is 2.33. The summed E-state index contributed by atoms with van der Waals surface area (Å²) in [6.07, 6.45) is 0. The van der Waals surface area contributed by atoms with Crippen LogP contribution in [-0.4, -0.2) is 28.9 Å². The van der Waals surface area contributed by atoms with Crippen LogP contribution in [0.5, 0.6) is 5.75 Å². The van der Waals surface area contributed by atoms with Crippen LogP contribution in [0, 0.1) is 6.92 Å². The quantitative estimate of drug-likeness (QED) is 0.435. The first kappa shape index (κ1) is 21.0. The number of carbonyl (C=O) groups excluding carboxylic acids is 3. The fraction of sp³-hybridized carbons (Fsp3) is 0.208. The van der Waals surface area contributed by atoms with Crippen molar-refractivity contribution in [1.82, 2.24) is 4.57 Å². The van der Waals surface area contributed by atoms with Gasteiger partial charge in [0.15, 0.2) is 11.5 Å². The van der Waals surface area contributed by atoms with Crippen LogP contribution in [0.4, 0.5) is 0 Å². The number of ether oxygens (including phenoxy) is 2. The Morgan fingerprint density at radius 1 is 0.933 bits per heavy atom. The lowest BCUT2D eigenvalue weighted by Crippen LogP contribution is -2.18. The Bertz CT molecular complexity index is 1070. The molecule has 0 fully saturated rings. The van der Waals surface area contributed by atoms with Crippen LogP contribution in [0.3, 0.4) is 0 Å². The highest BCUT2D eigenvalue weighted by molar-refractivity contribution is 6.16. The topological polar surface area (TPSA) is 74.6 Å². The van der Waals surface area contributed by atoms with E-state index in [9.17, 15) is 14.4 Å². The Hall–Kier alpha value is -3.67. The van der Waals surface area contributed by atoms with Crippen molar-refractivity contribution in [2.24, 2.45) is 0 Å². The van der Waals surface area contributed by atoms with Gasteiger partial charge in [-0.1, -0.05) is 60.7 Å². The number of rotatable bonds is 7. The first-order valence-corrected chi connectivity index (χ1v) is 9.66. The number of aromatic nitrogens is 1. The van der Waals surface area contributed by atoms with E-state index in [-0.39, 0.29) is 23.6 Å². The van der Waals surface area contributed by atoms with Gasteiger partial charge >= 0.3 is 11.9 Å². The van der Waals surface area contributed by atoms with Gasteiger partial charge in [-0.3, -0.25) is 9.59 Å². The summed E-state index contributed by atoms with van der Waals surface area (Å²) in [5.74, 6) is -1.55. The van der Waals surface area contributed by atoms with Crippen molar-refractivity contribution < 1.29 is 23.9 Å². The number of nitrogens with zero attached hydrogens (tertiary/aromatic N) is 1. The maximum absolute atomic E-state index is 13.4. The molecule has 6 heteroatoms. The molecular weight excluding hydrogens is 382 g/mol. The minimum absolute atomic E-state index is 0.0308. The van der Waals surface area contributed by atoms with E-state index < -0.39 is 17.7 Å². The molecule has 0 bridgehead atoms. The zero-order valence-electron chi connectivity index (χ0n) is 17.2. The number of hydrogen-bond donors (Lipinski definition) is 0. The van der Waals surface area contributed by atoms with Crippen molar-refractivity contribution in [3.63, 3.8) is 0 Å². The number of benzene rings is 2. The summed E-state index contributed by atoms with van der Waals surface area (Å²) in [5, 5.41) is 0. The summed E-state index contributed by atoms with van der Waals surface area (Å²) in [5.41, 5.74) is 1.91. The van der Waals surface area contributed by atoms with Gasteiger partial charge in [-0.2, -0.15) is 0 Å². The predicted molar refractivity (Wildman–Crippen MR) is 112 cm³/mol. The molecule has 0 N–H and O–H groups in total. The summed E-state index contributed by atoms with van der Waals surface area (Å²) >= 11 is 0. The minimum Gasteiger partial charge on any atom is -0.461 e. The Morgan fingerprint density at radius 2 is 1.53 bits per heavy atom. The smallest absolute Gasteiger partial charge is 0.355 e. The fourth-order valence-electron chi connectivity index (χ4n) is 3.30. The normalized spacial score (nSPS) is 10.5. The summed E-state index contributed by atoms with van der Waals surface area (Å²) < 4.78 is 12.3. The van der Waals surface area contributed by atoms with E-state index >= 15 is 0 Å². The Labute approximate surface area is 175 Å². The number of carbonyl (C=O) groups is 3. The standard InChI is InChI=1S/C24H23NO5/c1-4-29-24(28)21-20(22(27)19-13-9-6-10-14-19)23(30-17(3)26)16(2)25(21)15-18-11-7-5-8-12-18/h5-14H,4,15H2,1-3H3. The van der Waals surface area contributed by atoms with Crippen LogP contribution in [0.2, 0.25) is 0 Å².